The predicted octanol–water partition coefficient (Wildman–Crippen LogP) is 1.73. The van der Waals surface area contributed by atoms with Crippen LogP contribution in [0.25, 0.3) is 0 Å². The van der Waals surface area contributed by atoms with Gasteiger partial charge in [-0.1, -0.05) is 12.1 Å². The molecule has 0 saturated heterocycles. The summed E-state index contributed by atoms with van der Waals surface area (Å²) >= 11 is 0. The van der Waals surface area contributed by atoms with Crippen LogP contribution < -0.4 is 10.9 Å². The fraction of sp³-hybridized carbons (Fsp3) is 0.214. The fourth-order valence-corrected chi connectivity index (χ4v) is 1.80. The van der Waals surface area contributed by atoms with Crippen LogP contribution in [-0.4, -0.2) is 16.3 Å². The molecule has 2 aromatic rings. The lowest BCUT2D eigenvalue weighted by atomic mass is 10.1. The molecule has 0 radical (unpaired) electrons. The topological polar surface area (TPSA) is 70.7 Å². The van der Waals surface area contributed by atoms with Crippen LogP contribution in [0, 0.1) is 17.1 Å². The maximum atomic E-state index is 13.9. The van der Waals surface area contributed by atoms with Gasteiger partial charge in [-0.2, -0.15) is 10.4 Å². The van der Waals surface area contributed by atoms with E-state index >= 15 is 0 Å². The van der Waals surface area contributed by atoms with Crippen LogP contribution >= 0.6 is 0 Å². The molecular formula is C14H13FN4O. The zero-order valence-corrected chi connectivity index (χ0v) is 10.9. The van der Waals surface area contributed by atoms with Gasteiger partial charge in [-0.25, -0.2) is 9.07 Å². The van der Waals surface area contributed by atoms with Crippen molar-refractivity contribution in [3.05, 3.63) is 57.8 Å². The van der Waals surface area contributed by atoms with Crippen molar-refractivity contribution >= 4 is 5.69 Å². The van der Waals surface area contributed by atoms with E-state index in [4.69, 9.17) is 5.26 Å². The highest BCUT2D eigenvalue weighted by Crippen LogP contribution is 2.12. The molecule has 1 heterocycles. The third kappa shape index (κ3) is 2.83. The Hall–Kier alpha value is -2.68. The zero-order chi connectivity index (χ0) is 14.5. The number of rotatable bonds is 4. The summed E-state index contributed by atoms with van der Waals surface area (Å²) in [6.07, 6.45) is 1.51. The van der Waals surface area contributed by atoms with Gasteiger partial charge in [0.2, 0.25) is 0 Å². The van der Waals surface area contributed by atoms with Crippen molar-refractivity contribution in [2.45, 2.75) is 13.5 Å². The van der Waals surface area contributed by atoms with Gasteiger partial charge in [0.05, 0.1) is 24.0 Å². The Morgan fingerprint density at radius 3 is 2.95 bits per heavy atom. The SMILES string of the molecule is CCNc1cnn(Cc2cccc(C#N)c2F)c(=O)c1. The Kier molecular flexibility index (Phi) is 4.11. The van der Waals surface area contributed by atoms with Crippen molar-refractivity contribution in [3.8, 4) is 6.07 Å². The summed E-state index contributed by atoms with van der Waals surface area (Å²) in [5, 5.41) is 15.7. The molecule has 0 fully saturated rings. The number of benzene rings is 1. The van der Waals surface area contributed by atoms with Gasteiger partial charge in [-0.15, -0.1) is 0 Å². The van der Waals surface area contributed by atoms with E-state index in [-0.39, 0.29) is 23.2 Å². The third-order valence-electron chi connectivity index (χ3n) is 2.77. The van der Waals surface area contributed by atoms with Gasteiger partial charge in [0.15, 0.2) is 0 Å². The van der Waals surface area contributed by atoms with Gasteiger partial charge >= 0.3 is 0 Å². The van der Waals surface area contributed by atoms with Crippen LogP contribution in [-0.2, 0) is 6.54 Å². The first-order valence-electron chi connectivity index (χ1n) is 6.14. The monoisotopic (exact) mass is 272 g/mol. The molecule has 0 aliphatic rings. The lowest BCUT2D eigenvalue weighted by molar-refractivity contribution is 0.570. The normalized spacial score (nSPS) is 10.1. The van der Waals surface area contributed by atoms with Gasteiger partial charge in [0.1, 0.15) is 11.9 Å². The number of hydrogen-bond donors (Lipinski definition) is 1. The molecule has 0 spiro atoms. The van der Waals surface area contributed by atoms with Crippen LogP contribution in [0.4, 0.5) is 10.1 Å². The molecule has 0 unspecified atom stereocenters. The molecule has 20 heavy (non-hydrogen) atoms. The Morgan fingerprint density at radius 2 is 2.30 bits per heavy atom. The molecule has 102 valence electrons. The largest absolute Gasteiger partial charge is 0.384 e. The highest BCUT2D eigenvalue weighted by atomic mass is 19.1. The van der Waals surface area contributed by atoms with Gasteiger partial charge in [-0.05, 0) is 13.0 Å². The molecule has 6 heteroatoms. The third-order valence-corrected chi connectivity index (χ3v) is 2.77. The molecule has 0 bridgehead atoms. The van der Waals surface area contributed by atoms with Crippen molar-refractivity contribution in [2.75, 3.05) is 11.9 Å². The molecule has 1 aromatic heterocycles. The smallest absolute Gasteiger partial charge is 0.269 e. The second-order valence-corrected chi connectivity index (χ2v) is 4.16. The average Bonchev–Trinajstić information content (AvgIpc) is 2.44. The summed E-state index contributed by atoms with van der Waals surface area (Å²) in [5.41, 5.74) is 0.514. The summed E-state index contributed by atoms with van der Waals surface area (Å²) in [7, 11) is 0. The number of halogens is 1. The highest BCUT2D eigenvalue weighted by molar-refractivity contribution is 5.39. The fourth-order valence-electron chi connectivity index (χ4n) is 1.80. The van der Waals surface area contributed by atoms with Crippen LogP contribution in [0.5, 0.6) is 0 Å². The van der Waals surface area contributed by atoms with Crippen molar-refractivity contribution in [2.24, 2.45) is 0 Å². The number of hydrogen-bond acceptors (Lipinski definition) is 4. The average molecular weight is 272 g/mol. The number of nitrogens with zero attached hydrogens (tertiary/aromatic N) is 3. The zero-order valence-electron chi connectivity index (χ0n) is 10.9. The lowest BCUT2D eigenvalue weighted by Gasteiger charge is -2.08. The molecule has 5 nitrogen and oxygen atoms in total. The number of anilines is 1. The molecule has 0 saturated carbocycles. The first-order valence-corrected chi connectivity index (χ1v) is 6.14. The van der Waals surface area contributed by atoms with Crippen LogP contribution in [0.3, 0.4) is 0 Å². The molecule has 0 aliphatic heterocycles. The van der Waals surface area contributed by atoms with E-state index in [9.17, 15) is 9.18 Å². The van der Waals surface area contributed by atoms with E-state index in [1.807, 2.05) is 6.92 Å². The summed E-state index contributed by atoms with van der Waals surface area (Å²) in [6, 6.07) is 7.68. The van der Waals surface area contributed by atoms with Gasteiger partial charge in [-0.3, -0.25) is 4.79 Å². The van der Waals surface area contributed by atoms with E-state index in [2.05, 4.69) is 10.4 Å². The molecule has 2 rings (SSSR count). The maximum absolute atomic E-state index is 13.9. The van der Waals surface area contributed by atoms with Gasteiger partial charge < -0.3 is 5.32 Å². The van der Waals surface area contributed by atoms with E-state index in [1.165, 1.54) is 24.4 Å². The first kappa shape index (κ1) is 13.7. The van der Waals surface area contributed by atoms with Crippen molar-refractivity contribution < 1.29 is 4.39 Å². The summed E-state index contributed by atoms with van der Waals surface area (Å²) < 4.78 is 15.1. The molecule has 0 aliphatic carbocycles. The van der Waals surface area contributed by atoms with Crippen LogP contribution in [0.2, 0.25) is 0 Å². The Bertz CT molecular complexity index is 718. The number of nitrogens with one attached hydrogen (secondary N) is 1. The van der Waals surface area contributed by atoms with Crippen molar-refractivity contribution in [1.29, 1.82) is 5.26 Å². The van der Waals surface area contributed by atoms with Crippen molar-refractivity contribution in [3.63, 3.8) is 0 Å². The number of aromatic nitrogens is 2. The predicted molar refractivity (Wildman–Crippen MR) is 72.9 cm³/mol. The molecule has 1 N–H and O–H groups in total. The van der Waals surface area contributed by atoms with E-state index in [1.54, 1.807) is 12.1 Å². The molecule has 0 amide bonds. The number of nitriles is 1. The Labute approximate surface area is 115 Å². The Morgan fingerprint density at radius 1 is 1.50 bits per heavy atom. The summed E-state index contributed by atoms with van der Waals surface area (Å²) in [6.45, 7) is 2.59. The van der Waals surface area contributed by atoms with E-state index in [0.717, 1.165) is 4.68 Å². The second-order valence-electron chi connectivity index (χ2n) is 4.16. The van der Waals surface area contributed by atoms with Gasteiger partial charge in [0, 0.05) is 18.2 Å². The second kappa shape index (κ2) is 5.97. The molecule has 0 atom stereocenters. The minimum atomic E-state index is -0.612. The van der Waals surface area contributed by atoms with Crippen LogP contribution in [0.15, 0.2) is 35.3 Å². The minimum Gasteiger partial charge on any atom is -0.384 e. The maximum Gasteiger partial charge on any atom is 0.269 e. The molecule has 1 aromatic carbocycles. The van der Waals surface area contributed by atoms with Gasteiger partial charge in [0.25, 0.3) is 5.56 Å². The molecular weight excluding hydrogens is 259 g/mol. The standard InChI is InChI=1S/C14H13FN4O/c1-2-17-12-6-13(20)19(18-8-12)9-11-5-3-4-10(7-16)14(11)15/h3-6,8,17H,2,9H2,1H3. The van der Waals surface area contributed by atoms with Crippen molar-refractivity contribution in [1.82, 2.24) is 9.78 Å². The minimum absolute atomic E-state index is 0.00735. The quantitative estimate of drug-likeness (QED) is 0.920. The summed E-state index contributed by atoms with van der Waals surface area (Å²) in [5.74, 6) is -0.612. The van der Waals surface area contributed by atoms with E-state index in [0.29, 0.717) is 12.2 Å². The highest BCUT2D eigenvalue weighted by Gasteiger charge is 2.09. The van der Waals surface area contributed by atoms with Crippen LogP contribution in [0.1, 0.15) is 18.1 Å². The van der Waals surface area contributed by atoms with E-state index < -0.39 is 5.82 Å². The Balaban J connectivity index is 2.32. The lowest BCUT2D eigenvalue weighted by Crippen LogP contribution is -2.23. The summed E-state index contributed by atoms with van der Waals surface area (Å²) in [4.78, 5) is 11.9. The first-order chi connectivity index (χ1) is 9.65.